The van der Waals surface area contributed by atoms with Crippen molar-refractivity contribution in [2.75, 3.05) is 0 Å². The van der Waals surface area contributed by atoms with Gasteiger partial charge in [0.2, 0.25) is 0 Å². The van der Waals surface area contributed by atoms with Crippen LogP contribution < -0.4 is 0 Å². The van der Waals surface area contributed by atoms with E-state index in [1.165, 1.54) is 12.2 Å². The van der Waals surface area contributed by atoms with Crippen molar-refractivity contribution in [2.24, 2.45) is 0 Å². The monoisotopic (exact) mass is 262 g/mol. The largest absolute Gasteiger partial charge is 0.454 e. The molecule has 5 heteroatoms. The molecule has 5 nitrogen and oxygen atoms in total. The van der Waals surface area contributed by atoms with Gasteiger partial charge >= 0.3 is 5.97 Å². The van der Waals surface area contributed by atoms with Gasteiger partial charge in [-0.1, -0.05) is 13.3 Å². The van der Waals surface area contributed by atoms with Crippen LogP contribution >= 0.6 is 0 Å². The molecule has 1 aliphatic carbocycles. The molecule has 2 aliphatic heterocycles. The van der Waals surface area contributed by atoms with Crippen LogP contribution in [0.25, 0.3) is 0 Å². The highest BCUT2D eigenvalue weighted by Gasteiger charge is 2.49. The molecule has 1 fully saturated rings. The van der Waals surface area contributed by atoms with Crippen molar-refractivity contribution in [3.63, 3.8) is 0 Å². The van der Waals surface area contributed by atoms with E-state index in [4.69, 9.17) is 9.47 Å². The Bertz CT molecular complexity index is 528. The van der Waals surface area contributed by atoms with E-state index in [1.807, 2.05) is 6.92 Å². The maximum Gasteiger partial charge on any atom is 0.309 e. The molecule has 3 rings (SSSR count). The molecule has 0 unspecified atom stereocenters. The second kappa shape index (κ2) is 4.42. The van der Waals surface area contributed by atoms with Gasteiger partial charge in [0.1, 0.15) is 6.10 Å². The average molecular weight is 262 g/mol. The van der Waals surface area contributed by atoms with Gasteiger partial charge in [0.25, 0.3) is 0 Å². The Morgan fingerprint density at radius 3 is 2.53 bits per heavy atom. The molecule has 3 aliphatic rings. The maximum absolute atomic E-state index is 12.0. The molecule has 0 bridgehead atoms. The number of ketones is 2. The number of carbonyl (C=O) groups excluding carboxylic acids is 3. The highest BCUT2D eigenvalue weighted by Crippen LogP contribution is 2.38. The Kier molecular flexibility index (Phi) is 2.86. The minimum absolute atomic E-state index is 0.146. The first kappa shape index (κ1) is 12.3. The lowest BCUT2D eigenvalue weighted by molar-refractivity contribution is -0.141. The third-order valence-corrected chi connectivity index (χ3v) is 3.67. The van der Waals surface area contributed by atoms with Gasteiger partial charge in [-0.05, 0) is 18.6 Å². The molecule has 0 N–H and O–H groups in total. The van der Waals surface area contributed by atoms with Crippen LogP contribution in [-0.4, -0.2) is 35.8 Å². The van der Waals surface area contributed by atoms with Crippen LogP contribution in [0.15, 0.2) is 23.3 Å². The molecular formula is C14H14O5. The highest BCUT2D eigenvalue weighted by molar-refractivity contribution is 6.21. The third-order valence-electron chi connectivity index (χ3n) is 3.67. The van der Waals surface area contributed by atoms with E-state index in [0.29, 0.717) is 17.6 Å². The van der Waals surface area contributed by atoms with Crippen molar-refractivity contribution in [2.45, 2.75) is 44.5 Å². The SMILES string of the molecule is CCC[C@H]1O[C@@H]2CC(=O)O[C@@H]2C2=C1C(=O)C=CC2=O. The first-order valence-electron chi connectivity index (χ1n) is 6.47. The van der Waals surface area contributed by atoms with Crippen LogP contribution in [0.3, 0.4) is 0 Å². The number of carbonyl (C=O) groups is 3. The Balaban J connectivity index is 2.07. The fraction of sp³-hybridized carbons (Fsp3) is 0.500. The molecule has 0 aromatic heterocycles. The normalized spacial score (nSPS) is 33.3. The average Bonchev–Trinajstić information content (AvgIpc) is 2.73. The number of esters is 1. The molecule has 0 aromatic rings. The molecular weight excluding hydrogens is 248 g/mol. The van der Waals surface area contributed by atoms with Gasteiger partial charge in [0.15, 0.2) is 17.7 Å². The lowest BCUT2D eigenvalue weighted by atomic mass is 9.82. The number of hydrogen-bond acceptors (Lipinski definition) is 5. The molecule has 0 spiro atoms. The fourth-order valence-corrected chi connectivity index (χ4v) is 2.88. The highest BCUT2D eigenvalue weighted by atomic mass is 16.6. The van der Waals surface area contributed by atoms with Crippen LogP contribution in [-0.2, 0) is 23.9 Å². The zero-order valence-electron chi connectivity index (χ0n) is 10.5. The van der Waals surface area contributed by atoms with E-state index < -0.39 is 18.3 Å². The minimum atomic E-state index is -0.711. The number of hydrogen-bond donors (Lipinski definition) is 0. The topological polar surface area (TPSA) is 69.7 Å². The fourth-order valence-electron chi connectivity index (χ4n) is 2.88. The van der Waals surface area contributed by atoms with E-state index in [1.54, 1.807) is 0 Å². The predicted octanol–water partition coefficient (Wildman–Crippen LogP) is 0.874. The lowest BCUT2D eigenvalue weighted by Crippen LogP contribution is -2.43. The molecule has 1 saturated heterocycles. The summed E-state index contributed by atoms with van der Waals surface area (Å²) in [4.78, 5) is 35.4. The molecule has 3 atom stereocenters. The van der Waals surface area contributed by atoms with Crippen molar-refractivity contribution in [1.29, 1.82) is 0 Å². The van der Waals surface area contributed by atoms with E-state index >= 15 is 0 Å². The summed E-state index contributed by atoms with van der Waals surface area (Å²) >= 11 is 0. The first-order valence-corrected chi connectivity index (χ1v) is 6.47. The van der Waals surface area contributed by atoms with E-state index in [0.717, 1.165) is 6.42 Å². The number of allylic oxidation sites excluding steroid dienone is 2. The van der Waals surface area contributed by atoms with Crippen molar-refractivity contribution in [1.82, 2.24) is 0 Å². The standard InChI is InChI=1S/C14H14O5/c1-2-3-9-12-7(15)4-5-8(16)13(12)14-10(18-9)6-11(17)19-14/h4-5,9-10,14H,2-3,6H2,1H3/t9-,10-,14+/m1/s1. The van der Waals surface area contributed by atoms with Crippen LogP contribution in [0.4, 0.5) is 0 Å². The van der Waals surface area contributed by atoms with Gasteiger partial charge in [-0.2, -0.15) is 0 Å². The zero-order chi connectivity index (χ0) is 13.6. The van der Waals surface area contributed by atoms with E-state index in [-0.39, 0.29) is 24.0 Å². The lowest BCUT2D eigenvalue weighted by Gasteiger charge is -2.34. The van der Waals surface area contributed by atoms with Crippen LogP contribution in [0.2, 0.25) is 0 Å². The predicted molar refractivity (Wildman–Crippen MR) is 64.2 cm³/mol. The molecule has 0 aromatic carbocycles. The van der Waals surface area contributed by atoms with Crippen LogP contribution in [0.5, 0.6) is 0 Å². The van der Waals surface area contributed by atoms with Crippen molar-refractivity contribution in [3.8, 4) is 0 Å². The molecule has 19 heavy (non-hydrogen) atoms. The Morgan fingerprint density at radius 2 is 1.84 bits per heavy atom. The van der Waals surface area contributed by atoms with Gasteiger partial charge in [-0.15, -0.1) is 0 Å². The van der Waals surface area contributed by atoms with E-state index in [2.05, 4.69) is 0 Å². The van der Waals surface area contributed by atoms with Gasteiger partial charge in [-0.25, -0.2) is 0 Å². The number of rotatable bonds is 2. The Labute approximate surface area is 110 Å². The van der Waals surface area contributed by atoms with Crippen molar-refractivity contribution < 1.29 is 23.9 Å². The van der Waals surface area contributed by atoms with Crippen molar-refractivity contribution in [3.05, 3.63) is 23.3 Å². The summed E-state index contributed by atoms with van der Waals surface area (Å²) in [5.41, 5.74) is 0.707. The summed E-state index contributed by atoms with van der Waals surface area (Å²) in [5, 5.41) is 0. The summed E-state index contributed by atoms with van der Waals surface area (Å²) in [7, 11) is 0. The molecule has 0 saturated carbocycles. The molecule has 0 radical (unpaired) electrons. The molecule has 2 heterocycles. The van der Waals surface area contributed by atoms with Gasteiger partial charge in [0, 0.05) is 5.57 Å². The maximum atomic E-state index is 12.0. The van der Waals surface area contributed by atoms with Gasteiger partial charge in [-0.3, -0.25) is 14.4 Å². The molecule has 100 valence electrons. The Hall–Kier alpha value is -1.75. The summed E-state index contributed by atoms with van der Waals surface area (Å²) in [6.45, 7) is 1.98. The van der Waals surface area contributed by atoms with Crippen LogP contribution in [0, 0.1) is 0 Å². The first-order chi connectivity index (χ1) is 9.11. The zero-order valence-corrected chi connectivity index (χ0v) is 10.5. The smallest absolute Gasteiger partial charge is 0.309 e. The third kappa shape index (κ3) is 1.85. The second-order valence-electron chi connectivity index (χ2n) is 4.96. The second-order valence-corrected chi connectivity index (χ2v) is 4.96. The summed E-state index contributed by atoms with van der Waals surface area (Å²) in [5.74, 6) is -0.841. The van der Waals surface area contributed by atoms with E-state index in [9.17, 15) is 14.4 Å². The molecule has 0 amide bonds. The van der Waals surface area contributed by atoms with Crippen LogP contribution in [0.1, 0.15) is 26.2 Å². The Morgan fingerprint density at radius 1 is 1.16 bits per heavy atom. The summed E-state index contributed by atoms with van der Waals surface area (Å²) in [6.07, 6.45) is 2.60. The summed E-state index contributed by atoms with van der Waals surface area (Å²) < 4.78 is 10.9. The quantitative estimate of drug-likeness (QED) is 0.545. The number of ether oxygens (including phenoxy) is 2. The minimum Gasteiger partial charge on any atom is -0.454 e. The van der Waals surface area contributed by atoms with Gasteiger partial charge < -0.3 is 9.47 Å². The van der Waals surface area contributed by atoms with Gasteiger partial charge in [0.05, 0.1) is 18.1 Å². The number of fused-ring (bicyclic) bond motifs is 2. The summed E-state index contributed by atoms with van der Waals surface area (Å²) in [6, 6.07) is 0. The van der Waals surface area contributed by atoms with Crippen molar-refractivity contribution >= 4 is 17.5 Å².